The van der Waals surface area contributed by atoms with Crippen LogP contribution in [0.5, 0.6) is 0 Å². The number of hydrogen-bond acceptors (Lipinski definition) is 4. The number of carbonyl (C=O) groups is 3. The normalized spacial score (nSPS) is 18.8. The Labute approximate surface area is 244 Å². The molecule has 0 heterocycles. The predicted octanol–water partition coefficient (Wildman–Crippen LogP) is 7.12. The van der Waals surface area contributed by atoms with Gasteiger partial charge < -0.3 is 20.3 Å². The molecule has 7 nitrogen and oxygen atoms in total. The summed E-state index contributed by atoms with van der Waals surface area (Å²) in [5.41, 5.74) is 3.21. The fraction of sp³-hybridized carbons (Fsp3) is 0.531. The van der Waals surface area contributed by atoms with E-state index in [2.05, 4.69) is 17.6 Å². The van der Waals surface area contributed by atoms with Crippen molar-refractivity contribution in [1.29, 1.82) is 0 Å². The molecule has 1 aliphatic carbocycles. The maximum atomic E-state index is 14.5. The number of para-hydroxylation sites is 1. The smallest absolute Gasteiger partial charge is 0.408 e. The van der Waals surface area contributed by atoms with E-state index >= 15 is 0 Å². The lowest BCUT2D eigenvalue weighted by Crippen LogP contribution is -2.55. The van der Waals surface area contributed by atoms with Gasteiger partial charge in [-0.15, -0.1) is 0 Å². The zero-order valence-corrected chi connectivity index (χ0v) is 26.0. The number of nitrogens with one attached hydrogen (secondary N) is 2. The molecule has 1 saturated carbocycles. The first-order chi connectivity index (χ1) is 18.7. The highest BCUT2D eigenvalue weighted by atomic mass is 35.5. The van der Waals surface area contributed by atoms with E-state index in [1.165, 1.54) is 0 Å². The summed E-state index contributed by atoms with van der Waals surface area (Å²) in [4.78, 5) is 43.4. The molecule has 3 rings (SSSR count). The largest absolute Gasteiger partial charge is 0.444 e. The molecule has 5 atom stereocenters. The number of anilines is 1. The van der Waals surface area contributed by atoms with Crippen LogP contribution in [0.2, 0.25) is 5.02 Å². The predicted molar refractivity (Wildman–Crippen MR) is 161 cm³/mol. The number of halogens is 1. The van der Waals surface area contributed by atoms with Crippen LogP contribution in [0, 0.1) is 32.6 Å². The van der Waals surface area contributed by atoms with Crippen molar-refractivity contribution in [3.05, 3.63) is 63.7 Å². The van der Waals surface area contributed by atoms with E-state index < -0.39 is 23.8 Å². The van der Waals surface area contributed by atoms with Crippen molar-refractivity contribution in [3.8, 4) is 0 Å². The molecule has 0 aliphatic heterocycles. The maximum Gasteiger partial charge on any atom is 0.408 e. The number of carbonyl (C=O) groups excluding carboxylic acids is 3. The van der Waals surface area contributed by atoms with Gasteiger partial charge in [-0.05, 0) is 88.1 Å². The van der Waals surface area contributed by atoms with Gasteiger partial charge in [-0.1, -0.05) is 69.1 Å². The summed E-state index contributed by atoms with van der Waals surface area (Å²) >= 11 is 6.49. The molecule has 0 radical (unpaired) electrons. The molecule has 5 unspecified atom stereocenters. The van der Waals surface area contributed by atoms with Gasteiger partial charge in [0.1, 0.15) is 17.7 Å². The Balaban J connectivity index is 2.13. The Kier molecular flexibility index (Phi) is 9.94. The molecule has 2 aromatic rings. The lowest BCUT2D eigenvalue weighted by Gasteiger charge is -2.37. The summed E-state index contributed by atoms with van der Waals surface area (Å²) in [6.45, 7) is 17.1. The molecule has 0 saturated heterocycles. The second-order valence-corrected chi connectivity index (χ2v) is 12.6. The van der Waals surface area contributed by atoms with E-state index in [9.17, 15) is 14.4 Å². The first-order valence-electron chi connectivity index (χ1n) is 14.1. The summed E-state index contributed by atoms with van der Waals surface area (Å²) in [6, 6.07) is 9.35. The topological polar surface area (TPSA) is 87.7 Å². The number of alkyl carbamates (subject to hydrolysis) is 1. The van der Waals surface area contributed by atoms with Crippen molar-refractivity contribution in [2.45, 2.75) is 98.9 Å². The summed E-state index contributed by atoms with van der Waals surface area (Å²) in [7, 11) is 0. The molecule has 1 aliphatic rings. The molecule has 2 aromatic carbocycles. The fourth-order valence-corrected chi connectivity index (χ4v) is 5.36. The van der Waals surface area contributed by atoms with Crippen molar-refractivity contribution < 1.29 is 19.1 Å². The van der Waals surface area contributed by atoms with E-state index in [0.29, 0.717) is 17.1 Å². The van der Waals surface area contributed by atoms with E-state index in [-0.39, 0.29) is 29.7 Å². The molecule has 0 aromatic heterocycles. The second-order valence-electron chi connectivity index (χ2n) is 12.2. The van der Waals surface area contributed by atoms with Gasteiger partial charge >= 0.3 is 6.09 Å². The SMILES string of the molecule is CCC(C)C(NC(=O)OC(C)(C)C)C(=O)N(C(C(=O)Nc1c(C)cccc1Cl)c1c(C)cccc1C)C1CC1C. The lowest BCUT2D eigenvalue weighted by atomic mass is 9.91. The fourth-order valence-electron chi connectivity index (χ4n) is 5.09. The molecular weight excluding hydrogens is 526 g/mol. The number of nitrogens with zero attached hydrogens (tertiary/aromatic N) is 1. The van der Waals surface area contributed by atoms with Gasteiger partial charge in [-0.2, -0.15) is 0 Å². The van der Waals surface area contributed by atoms with Crippen molar-refractivity contribution in [2.24, 2.45) is 11.8 Å². The third-order valence-corrected chi connectivity index (χ3v) is 7.96. The van der Waals surface area contributed by atoms with Crippen LogP contribution in [0.4, 0.5) is 10.5 Å². The molecule has 3 amide bonds. The van der Waals surface area contributed by atoms with E-state index in [0.717, 1.165) is 28.7 Å². The monoisotopic (exact) mass is 569 g/mol. The number of rotatable bonds is 9. The van der Waals surface area contributed by atoms with Gasteiger partial charge in [0.2, 0.25) is 5.91 Å². The van der Waals surface area contributed by atoms with Crippen molar-refractivity contribution >= 4 is 35.2 Å². The van der Waals surface area contributed by atoms with Crippen LogP contribution in [0.3, 0.4) is 0 Å². The molecule has 40 heavy (non-hydrogen) atoms. The molecule has 0 bridgehead atoms. The zero-order valence-electron chi connectivity index (χ0n) is 25.2. The summed E-state index contributed by atoms with van der Waals surface area (Å²) in [6.07, 6.45) is 0.764. The van der Waals surface area contributed by atoms with Gasteiger partial charge in [0, 0.05) is 6.04 Å². The van der Waals surface area contributed by atoms with Crippen molar-refractivity contribution in [1.82, 2.24) is 10.2 Å². The average Bonchev–Trinajstić information content (AvgIpc) is 3.57. The van der Waals surface area contributed by atoms with Gasteiger partial charge in [0.15, 0.2) is 0 Å². The second kappa shape index (κ2) is 12.6. The van der Waals surface area contributed by atoms with Crippen molar-refractivity contribution in [2.75, 3.05) is 5.32 Å². The van der Waals surface area contributed by atoms with Crippen LogP contribution in [0.25, 0.3) is 0 Å². The Morgan fingerprint density at radius 3 is 2.10 bits per heavy atom. The Morgan fingerprint density at radius 2 is 1.60 bits per heavy atom. The van der Waals surface area contributed by atoms with E-state index in [1.54, 1.807) is 31.7 Å². The van der Waals surface area contributed by atoms with Crippen LogP contribution < -0.4 is 10.6 Å². The summed E-state index contributed by atoms with van der Waals surface area (Å²) in [5.74, 6) is -0.622. The minimum absolute atomic E-state index is 0.151. The highest BCUT2D eigenvalue weighted by Crippen LogP contribution is 2.43. The summed E-state index contributed by atoms with van der Waals surface area (Å²) < 4.78 is 5.51. The highest BCUT2D eigenvalue weighted by Gasteiger charge is 2.49. The zero-order chi connectivity index (χ0) is 29.9. The average molecular weight is 570 g/mol. The maximum absolute atomic E-state index is 14.5. The Hall–Kier alpha value is -3.06. The van der Waals surface area contributed by atoms with Gasteiger partial charge in [-0.3, -0.25) is 9.59 Å². The van der Waals surface area contributed by atoms with Crippen LogP contribution >= 0.6 is 11.6 Å². The van der Waals surface area contributed by atoms with Gasteiger partial charge in [0.25, 0.3) is 5.91 Å². The highest BCUT2D eigenvalue weighted by molar-refractivity contribution is 6.34. The summed E-state index contributed by atoms with van der Waals surface area (Å²) in [5, 5.41) is 6.31. The number of aryl methyl sites for hydroxylation is 3. The van der Waals surface area contributed by atoms with Gasteiger partial charge in [-0.25, -0.2) is 4.79 Å². The number of hydrogen-bond donors (Lipinski definition) is 2. The third kappa shape index (κ3) is 7.36. The number of ether oxygens (including phenoxy) is 1. The standard InChI is InChI=1S/C32H44ClN3O4/c1-10-18(2)27(35-31(39)40-32(7,8)9)30(38)36(24-17-22(24)6)28(25-19(3)13-11-14-20(25)4)29(37)34-26-21(5)15-12-16-23(26)33/h11-16,18,22,24,27-28H,10,17H2,1-9H3,(H,34,37)(H,35,39). The van der Waals surface area contributed by atoms with Crippen LogP contribution in [0.15, 0.2) is 36.4 Å². The van der Waals surface area contributed by atoms with Crippen LogP contribution in [-0.2, 0) is 14.3 Å². The van der Waals surface area contributed by atoms with Crippen molar-refractivity contribution in [3.63, 3.8) is 0 Å². The Morgan fingerprint density at radius 1 is 1.05 bits per heavy atom. The minimum atomic E-state index is -0.925. The minimum Gasteiger partial charge on any atom is -0.444 e. The molecule has 2 N–H and O–H groups in total. The number of amides is 3. The quantitative estimate of drug-likeness (QED) is 0.336. The lowest BCUT2D eigenvalue weighted by molar-refractivity contribution is -0.142. The third-order valence-electron chi connectivity index (χ3n) is 7.64. The van der Waals surface area contributed by atoms with E-state index in [1.807, 2.05) is 65.0 Å². The Bertz CT molecular complexity index is 1210. The number of benzene rings is 2. The van der Waals surface area contributed by atoms with Crippen LogP contribution in [0.1, 0.15) is 82.7 Å². The van der Waals surface area contributed by atoms with Gasteiger partial charge in [0.05, 0.1) is 10.7 Å². The van der Waals surface area contributed by atoms with E-state index in [4.69, 9.17) is 16.3 Å². The molecular formula is C32H44ClN3O4. The molecule has 218 valence electrons. The molecule has 1 fully saturated rings. The first-order valence-corrected chi connectivity index (χ1v) is 14.5. The first kappa shape index (κ1) is 31.5. The molecule has 0 spiro atoms. The molecule has 8 heteroatoms. The van der Waals surface area contributed by atoms with Crippen LogP contribution in [-0.4, -0.2) is 40.5 Å².